The summed E-state index contributed by atoms with van der Waals surface area (Å²) < 4.78 is 11.4. The number of para-hydroxylation sites is 1. The number of hydrogen-bond donors (Lipinski definition) is 2. The average Bonchev–Trinajstić information content (AvgIpc) is 2.50. The highest BCUT2D eigenvalue weighted by atomic mass is 79.9. The van der Waals surface area contributed by atoms with E-state index >= 15 is 0 Å². The molecule has 0 unspecified atom stereocenters. The topological polar surface area (TPSA) is 42.5 Å². The Balaban J connectivity index is 2.11. The minimum absolute atomic E-state index is 0.477. The van der Waals surface area contributed by atoms with E-state index in [-0.39, 0.29) is 0 Å². The fourth-order valence-corrected chi connectivity index (χ4v) is 2.34. The Bertz CT molecular complexity index is 649. The van der Waals surface area contributed by atoms with Gasteiger partial charge in [0.2, 0.25) is 0 Å². The van der Waals surface area contributed by atoms with Crippen LogP contribution in [0.4, 0.5) is 11.4 Å². The Morgan fingerprint density at radius 3 is 2.38 bits per heavy atom. The number of rotatable bonds is 4. The van der Waals surface area contributed by atoms with Crippen LogP contribution in [0.1, 0.15) is 0 Å². The van der Waals surface area contributed by atoms with E-state index in [0.717, 1.165) is 21.6 Å². The number of halogens is 1. The van der Waals surface area contributed by atoms with Crippen LogP contribution in [0.3, 0.4) is 0 Å². The van der Waals surface area contributed by atoms with E-state index in [0.29, 0.717) is 10.9 Å². The molecule has 0 aliphatic heterocycles. The maximum absolute atomic E-state index is 5.32. The second kappa shape index (κ2) is 7.28. The van der Waals surface area contributed by atoms with Gasteiger partial charge in [-0.1, -0.05) is 12.1 Å². The van der Waals surface area contributed by atoms with Gasteiger partial charge in [-0.15, -0.1) is 0 Å². The molecule has 0 saturated heterocycles. The van der Waals surface area contributed by atoms with Gasteiger partial charge >= 0.3 is 0 Å². The summed E-state index contributed by atoms with van der Waals surface area (Å²) in [4.78, 5) is 0. The third-order valence-corrected chi connectivity index (χ3v) is 3.67. The average molecular weight is 367 g/mol. The highest BCUT2D eigenvalue weighted by Crippen LogP contribution is 2.29. The maximum Gasteiger partial charge on any atom is 0.175 e. The lowest BCUT2D eigenvalue weighted by atomic mass is 10.2. The fourth-order valence-electron chi connectivity index (χ4n) is 1.74. The van der Waals surface area contributed by atoms with Crippen LogP contribution in [0.2, 0.25) is 0 Å². The summed E-state index contributed by atoms with van der Waals surface area (Å²) in [6.45, 7) is 0. The van der Waals surface area contributed by atoms with Gasteiger partial charge in [0.05, 0.1) is 25.6 Å². The van der Waals surface area contributed by atoms with Crippen LogP contribution in [0.25, 0.3) is 0 Å². The molecule has 110 valence electrons. The van der Waals surface area contributed by atoms with E-state index in [1.54, 1.807) is 20.3 Å². The SMILES string of the molecule is COc1ccc(NC(=S)Nc2ccccc2Br)c(OC)c1. The lowest BCUT2D eigenvalue weighted by molar-refractivity contribution is 0.395. The lowest BCUT2D eigenvalue weighted by Gasteiger charge is -2.15. The summed E-state index contributed by atoms with van der Waals surface area (Å²) in [5, 5.41) is 6.71. The summed E-state index contributed by atoms with van der Waals surface area (Å²) >= 11 is 8.78. The molecule has 0 saturated carbocycles. The molecule has 0 amide bonds. The van der Waals surface area contributed by atoms with Gasteiger partial charge in [-0.2, -0.15) is 0 Å². The molecule has 2 aromatic carbocycles. The molecular weight excluding hydrogens is 352 g/mol. The lowest BCUT2D eigenvalue weighted by Crippen LogP contribution is -2.19. The first-order valence-corrected chi connectivity index (χ1v) is 7.38. The van der Waals surface area contributed by atoms with Gasteiger partial charge in [0.25, 0.3) is 0 Å². The number of hydrogen-bond acceptors (Lipinski definition) is 3. The molecule has 21 heavy (non-hydrogen) atoms. The summed E-state index contributed by atoms with van der Waals surface area (Å²) in [6, 6.07) is 13.2. The number of nitrogens with one attached hydrogen (secondary N) is 2. The molecule has 0 spiro atoms. The third-order valence-electron chi connectivity index (χ3n) is 2.78. The molecule has 0 aliphatic carbocycles. The van der Waals surface area contributed by atoms with Crippen LogP contribution >= 0.6 is 28.1 Å². The molecule has 0 aliphatic rings. The predicted octanol–water partition coefficient (Wildman–Crippen LogP) is 4.28. The van der Waals surface area contributed by atoms with E-state index < -0.39 is 0 Å². The van der Waals surface area contributed by atoms with E-state index in [1.165, 1.54) is 0 Å². The van der Waals surface area contributed by atoms with Gasteiger partial charge in [-0.3, -0.25) is 0 Å². The Labute approximate surface area is 137 Å². The number of methoxy groups -OCH3 is 2. The van der Waals surface area contributed by atoms with Crippen molar-refractivity contribution in [2.75, 3.05) is 24.9 Å². The molecule has 0 fully saturated rings. The van der Waals surface area contributed by atoms with Crippen molar-refractivity contribution >= 4 is 44.6 Å². The van der Waals surface area contributed by atoms with Crippen molar-refractivity contribution < 1.29 is 9.47 Å². The van der Waals surface area contributed by atoms with Crippen LogP contribution in [0.15, 0.2) is 46.9 Å². The van der Waals surface area contributed by atoms with Gasteiger partial charge in [0.15, 0.2) is 5.11 Å². The summed E-state index contributed by atoms with van der Waals surface area (Å²) in [5.41, 5.74) is 1.66. The van der Waals surface area contributed by atoms with E-state index in [1.807, 2.05) is 36.4 Å². The van der Waals surface area contributed by atoms with Gasteiger partial charge in [-0.05, 0) is 52.4 Å². The Morgan fingerprint density at radius 1 is 1.00 bits per heavy atom. The quantitative estimate of drug-likeness (QED) is 0.790. The molecule has 2 N–H and O–H groups in total. The highest BCUT2D eigenvalue weighted by molar-refractivity contribution is 9.10. The summed E-state index contributed by atoms with van der Waals surface area (Å²) in [6.07, 6.45) is 0. The van der Waals surface area contributed by atoms with Gasteiger partial charge in [-0.25, -0.2) is 0 Å². The zero-order chi connectivity index (χ0) is 15.2. The van der Waals surface area contributed by atoms with Crippen LogP contribution in [0.5, 0.6) is 11.5 Å². The van der Waals surface area contributed by atoms with Gasteiger partial charge < -0.3 is 20.1 Å². The number of thiocarbonyl (C=S) groups is 1. The van der Waals surface area contributed by atoms with Crippen LogP contribution in [-0.4, -0.2) is 19.3 Å². The Kier molecular flexibility index (Phi) is 5.41. The van der Waals surface area contributed by atoms with Crippen molar-refractivity contribution in [2.24, 2.45) is 0 Å². The summed E-state index contributed by atoms with van der Waals surface area (Å²) in [7, 11) is 3.21. The Morgan fingerprint density at radius 2 is 1.71 bits per heavy atom. The molecule has 0 heterocycles. The number of benzene rings is 2. The predicted molar refractivity (Wildman–Crippen MR) is 93.5 cm³/mol. The zero-order valence-corrected chi connectivity index (χ0v) is 14.0. The first-order valence-electron chi connectivity index (χ1n) is 6.18. The van der Waals surface area contributed by atoms with E-state index in [9.17, 15) is 0 Å². The number of ether oxygens (including phenoxy) is 2. The molecule has 6 heteroatoms. The highest BCUT2D eigenvalue weighted by Gasteiger charge is 2.07. The monoisotopic (exact) mass is 366 g/mol. The maximum atomic E-state index is 5.32. The minimum atomic E-state index is 0.477. The normalized spacial score (nSPS) is 9.86. The van der Waals surface area contributed by atoms with Crippen molar-refractivity contribution in [3.05, 3.63) is 46.9 Å². The van der Waals surface area contributed by atoms with Crippen molar-refractivity contribution in [1.29, 1.82) is 0 Å². The van der Waals surface area contributed by atoms with Crippen molar-refractivity contribution in [3.63, 3.8) is 0 Å². The van der Waals surface area contributed by atoms with Crippen LogP contribution in [-0.2, 0) is 0 Å². The van der Waals surface area contributed by atoms with Crippen LogP contribution in [0, 0.1) is 0 Å². The van der Waals surface area contributed by atoms with Crippen molar-refractivity contribution in [1.82, 2.24) is 0 Å². The molecule has 0 bridgehead atoms. The molecule has 2 rings (SSSR count). The van der Waals surface area contributed by atoms with Crippen molar-refractivity contribution in [3.8, 4) is 11.5 Å². The zero-order valence-electron chi connectivity index (χ0n) is 11.6. The van der Waals surface area contributed by atoms with E-state index in [2.05, 4.69) is 26.6 Å². The smallest absolute Gasteiger partial charge is 0.175 e. The molecule has 0 aromatic heterocycles. The first kappa shape index (κ1) is 15.6. The molecule has 0 radical (unpaired) electrons. The molecule has 4 nitrogen and oxygen atoms in total. The first-order chi connectivity index (χ1) is 10.1. The van der Waals surface area contributed by atoms with E-state index in [4.69, 9.17) is 21.7 Å². The molecular formula is C15H15BrN2O2S. The third kappa shape index (κ3) is 4.09. The second-order valence-corrected chi connectivity index (χ2v) is 5.39. The molecule has 0 atom stereocenters. The number of anilines is 2. The standard InChI is InChI=1S/C15H15BrN2O2S/c1-19-10-7-8-13(14(9-10)20-2)18-15(21)17-12-6-4-3-5-11(12)16/h3-9H,1-2H3,(H2,17,18,21). The molecule has 2 aromatic rings. The summed E-state index contributed by atoms with van der Waals surface area (Å²) in [5.74, 6) is 1.38. The van der Waals surface area contributed by atoms with Crippen molar-refractivity contribution in [2.45, 2.75) is 0 Å². The minimum Gasteiger partial charge on any atom is -0.497 e. The van der Waals surface area contributed by atoms with Gasteiger partial charge in [0.1, 0.15) is 11.5 Å². The Hall–Kier alpha value is -1.79. The fraction of sp³-hybridized carbons (Fsp3) is 0.133. The van der Waals surface area contributed by atoms with Crippen LogP contribution < -0.4 is 20.1 Å². The largest absolute Gasteiger partial charge is 0.497 e. The second-order valence-electron chi connectivity index (χ2n) is 4.13. The van der Waals surface area contributed by atoms with Gasteiger partial charge in [0, 0.05) is 10.5 Å².